The van der Waals surface area contributed by atoms with Gasteiger partial charge in [-0.25, -0.2) is 0 Å². The van der Waals surface area contributed by atoms with E-state index in [-0.39, 0.29) is 28.7 Å². The number of carbonyl (C=O) groups excluding carboxylic acids is 1. The Kier molecular flexibility index (Phi) is 10.2. The second-order valence-electron chi connectivity index (χ2n) is 8.52. The SMILES string of the molecule is CC(C)C(CCCCCN1C(=O)SCC[C@@H]1/C=C/[C@@H](O)C(F)(F)c1ccccc1)C(=O)O. The Hall–Kier alpha value is -1.93. The normalized spacial score (nSPS) is 19.5. The van der Waals surface area contributed by atoms with Gasteiger partial charge in [0.05, 0.1) is 12.0 Å². The van der Waals surface area contributed by atoms with Crippen LogP contribution in [0.2, 0.25) is 0 Å². The van der Waals surface area contributed by atoms with Crippen molar-refractivity contribution in [2.45, 2.75) is 64.0 Å². The Balaban J connectivity index is 1.91. The topological polar surface area (TPSA) is 77.8 Å². The van der Waals surface area contributed by atoms with Crippen LogP contribution in [0, 0.1) is 11.8 Å². The number of amides is 1. The van der Waals surface area contributed by atoms with Crippen molar-refractivity contribution >= 4 is 23.0 Å². The van der Waals surface area contributed by atoms with Gasteiger partial charge in [-0.3, -0.25) is 9.59 Å². The van der Waals surface area contributed by atoms with Crippen molar-refractivity contribution in [2.75, 3.05) is 12.3 Å². The lowest BCUT2D eigenvalue weighted by atomic mass is 9.90. The minimum atomic E-state index is -3.42. The maximum Gasteiger partial charge on any atom is 0.306 e. The third-order valence-corrected chi connectivity index (χ3v) is 6.78. The van der Waals surface area contributed by atoms with Crippen LogP contribution in [-0.4, -0.2) is 50.8 Å². The number of hydrogen-bond acceptors (Lipinski definition) is 4. The zero-order valence-electron chi connectivity index (χ0n) is 18.6. The highest BCUT2D eigenvalue weighted by Gasteiger charge is 2.39. The fourth-order valence-electron chi connectivity index (χ4n) is 3.85. The van der Waals surface area contributed by atoms with Crippen molar-refractivity contribution in [1.29, 1.82) is 0 Å². The fourth-order valence-corrected chi connectivity index (χ4v) is 4.78. The molecule has 1 fully saturated rings. The molecule has 0 radical (unpaired) electrons. The third-order valence-electron chi connectivity index (χ3n) is 5.86. The van der Waals surface area contributed by atoms with Gasteiger partial charge in [-0.15, -0.1) is 0 Å². The van der Waals surface area contributed by atoms with Crippen LogP contribution in [0.15, 0.2) is 42.5 Å². The maximum atomic E-state index is 14.5. The number of carboxylic acids is 1. The number of aliphatic carboxylic acids is 1. The molecule has 1 aromatic rings. The molecule has 1 saturated heterocycles. The molecule has 0 bridgehead atoms. The van der Waals surface area contributed by atoms with Crippen molar-refractivity contribution in [1.82, 2.24) is 4.90 Å². The molecule has 32 heavy (non-hydrogen) atoms. The van der Waals surface area contributed by atoms with Gasteiger partial charge in [0.25, 0.3) is 5.24 Å². The van der Waals surface area contributed by atoms with E-state index in [0.717, 1.165) is 18.9 Å². The van der Waals surface area contributed by atoms with E-state index >= 15 is 0 Å². The van der Waals surface area contributed by atoms with E-state index in [1.807, 2.05) is 13.8 Å². The Morgan fingerprint density at radius 1 is 1.25 bits per heavy atom. The number of carbonyl (C=O) groups is 2. The highest BCUT2D eigenvalue weighted by Crippen LogP contribution is 2.33. The molecule has 1 heterocycles. The Labute approximate surface area is 192 Å². The van der Waals surface area contributed by atoms with Gasteiger partial charge >= 0.3 is 11.9 Å². The van der Waals surface area contributed by atoms with Crippen LogP contribution >= 0.6 is 11.8 Å². The summed E-state index contributed by atoms with van der Waals surface area (Å²) in [5.41, 5.74) is -0.259. The fraction of sp³-hybridized carbons (Fsp3) is 0.583. The molecule has 1 aliphatic heterocycles. The van der Waals surface area contributed by atoms with Crippen molar-refractivity contribution in [3.63, 3.8) is 0 Å². The number of nitrogens with zero attached hydrogens (tertiary/aromatic N) is 1. The van der Waals surface area contributed by atoms with Crippen molar-refractivity contribution in [3.05, 3.63) is 48.0 Å². The van der Waals surface area contributed by atoms with E-state index in [9.17, 15) is 28.6 Å². The highest BCUT2D eigenvalue weighted by molar-refractivity contribution is 8.13. The second kappa shape index (κ2) is 12.3. The van der Waals surface area contributed by atoms with Gasteiger partial charge in [-0.2, -0.15) is 8.78 Å². The van der Waals surface area contributed by atoms with Gasteiger partial charge in [0.15, 0.2) is 0 Å². The molecule has 8 heteroatoms. The molecule has 178 valence electrons. The molecule has 1 amide bonds. The van der Waals surface area contributed by atoms with Crippen molar-refractivity contribution in [2.24, 2.45) is 11.8 Å². The lowest BCUT2D eigenvalue weighted by molar-refractivity contribution is -0.143. The largest absolute Gasteiger partial charge is 0.481 e. The number of unbranched alkanes of at least 4 members (excludes halogenated alkanes) is 2. The van der Waals surface area contributed by atoms with Gasteiger partial charge in [0.2, 0.25) is 0 Å². The molecule has 3 atom stereocenters. The van der Waals surface area contributed by atoms with Crippen LogP contribution in [0.4, 0.5) is 13.6 Å². The molecule has 0 aromatic heterocycles. The van der Waals surface area contributed by atoms with Crippen molar-refractivity contribution in [3.8, 4) is 0 Å². The Bertz CT molecular complexity index is 773. The summed E-state index contributed by atoms with van der Waals surface area (Å²) in [6, 6.07) is 6.84. The predicted molar refractivity (Wildman–Crippen MR) is 123 cm³/mol. The van der Waals surface area contributed by atoms with Gasteiger partial charge < -0.3 is 15.1 Å². The molecular weight excluding hydrogens is 436 g/mol. The molecule has 0 aliphatic carbocycles. The van der Waals surface area contributed by atoms with E-state index in [4.69, 9.17) is 0 Å². The average Bonchev–Trinajstić information content (AvgIpc) is 2.75. The van der Waals surface area contributed by atoms with Crippen LogP contribution in [0.5, 0.6) is 0 Å². The first-order valence-corrected chi connectivity index (χ1v) is 12.1. The second-order valence-corrected chi connectivity index (χ2v) is 9.57. The van der Waals surface area contributed by atoms with Crippen LogP contribution in [0.3, 0.4) is 0 Å². The van der Waals surface area contributed by atoms with Crippen LogP contribution in [0.25, 0.3) is 0 Å². The standard InChI is InChI=1S/C24H33F2NO4S/c1-17(2)20(22(29)30)11-7-4-8-15-27-19(14-16-32-23(27)31)12-13-21(28)24(25,26)18-9-5-3-6-10-18/h3,5-6,9-10,12-13,17,19-21,28H,4,7-8,11,14-16H2,1-2H3,(H,29,30)/b13-12+/t19-,20?,21+/m0/s1. The first kappa shape index (κ1) is 26.3. The molecule has 2 N–H and O–H groups in total. The number of aliphatic hydroxyl groups excluding tert-OH is 1. The minimum Gasteiger partial charge on any atom is -0.481 e. The molecule has 1 aromatic carbocycles. The average molecular weight is 470 g/mol. The van der Waals surface area contributed by atoms with Crippen LogP contribution < -0.4 is 0 Å². The zero-order chi connectivity index (χ0) is 23.7. The first-order valence-electron chi connectivity index (χ1n) is 11.1. The third kappa shape index (κ3) is 7.30. The lowest BCUT2D eigenvalue weighted by Gasteiger charge is -2.33. The zero-order valence-corrected chi connectivity index (χ0v) is 19.4. The lowest BCUT2D eigenvalue weighted by Crippen LogP contribution is -2.41. The molecule has 1 unspecified atom stereocenters. The van der Waals surface area contributed by atoms with Crippen LogP contribution in [0.1, 0.15) is 51.5 Å². The van der Waals surface area contributed by atoms with Crippen LogP contribution in [-0.2, 0) is 10.7 Å². The summed E-state index contributed by atoms with van der Waals surface area (Å²) in [6.07, 6.45) is 4.10. The summed E-state index contributed by atoms with van der Waals surface area (Å²) < 4.78 is 29.0. The summed E-state index contributed by atoms with van der Waals surface area (Å²) in [6.45, 7) is 4.27. The van der Waals surface area contributed by atoms with Gasteiger partial charge in [0.1, 0.15) is 6.10 Å². The molecule has 0 spiro atoms. The highest BCUT2D eigenvalue weighted by atomic mass is 32.2. The number of benzene rings is 1. The number of carboxylic acid groups (broad SMARTS) is 1. The van der Waals surface area contributed by atoms with Gasteiger partial charge in [-0.05, 0) is 25.2 Å². The molecular formula is C24H33F2NO4S. The molecule has 1 aliphatic rings. The number of halogens is 2. The summed E-state index contributed by atoms with van der Waals surface area (Å²) >= 11 is 1.21. The van der Waals surface area contributed by atoms with E-state index in [0.29, 0.717) is 31.6 Å². The predicted octanol–water partition coefficient (Wildman–Crippen LogP) is 5.54. The van der Waals surface area contributed by atoms with Crippen molar-refractivity contribution < 1.29 is 28.6 Å². The number of alkyl halides is 2. The molecule has 2 rings (SSSR count). The Morgan fingerprint density at radius 3 is 2.56 bits per heavy atom. The van der Waals surface area contributed by atoms with E-state index in [1.54, 1.807) is 11.0 Å². The van der Waals surface area contributed by atoms with E-state index in [2.05, 4.69) is 0 Å². The number of rotatable bonds is 12. The first-order chi connectivity index (χ1) is 15.1. The van der Waals surface area contributed by atoms with E-state index < -0.39 is 18.0 Å². The number of thioether (sulfide) groups is 1. The van der Waals surface area contributed by atoms with Gasteiger partial charge in [0, 0.05) is 17.9 Å². The quantitative estimate of drug-likeness (QED) is 0.310. The molecule has 5 nitrogen and oxygen atoms in total. The monoisotopic (exact) mass is 469 g/mol. The summed E-state index contributed by atoms with van der Waals surface area (Å²) in [4.78, 5) is 25.3. The minimum absolute atomic E-state index is 0.0718. The Morgan fingerprint density at radius 2 is 1.94 bits per heavy atom. The summed E-state index contributed by atoms with van der Waals surface area (Å²) in [5, 5.41) is 19.3. The number of hydrogen-bond donors (Lipinski definition) is 2. The smallest absolute Gasteiger partial charge is 0.306 e. The summed E-state index contributed by atoms with van der Waals surface area (Å²) in [7, 11) is 0. The summed E-state index contributed by atoms with van der Waals surface area (Å²) in [5.74, 6) is -3.90. The maximum absolute atomic E-state index is 14.5. The number of aliphatic hydroxyl groups is 1. The van der Waals surface area contributed by atoms with Gasteiger partial charge in [-0.1, -0.05) is 80.9 Å². The van der Waals surface area contributed by atoms with E-state index in [1.165, 1.54) is 42.1 Å². The molecule has 0 saturated carbocycles.